The third-order valence-corrected chi connectivity index (χ3v) is 5.02. The summed E-state index contributed by atoms with van der Waals surface area (Å²) in [4.78, 5) is 28.7. The number of amides is 2. The van der Waals surface area contributed by atoms with Crippen LogP contribution >= 0.6 is 0 Å². The van der Waals surface area contributed by atoms with Crippen LogP contribution < -0.4 is 10.2 Å². The van der Waals surface area contributed by atoms with Gasteiger partial charge in [0.2, 0.25) is 11.8 Å². The topological polar surface area (TPSA) is 75.0 Å². The number of ether oxygens (including phenoxy) is 1. The van der Waals surface area contributed by atoms with Crippen molar-refractivity contribution < 1.29 is 18.7 Å². The number of anilines is 2. The molecule has 0 unspecified atom stereocenters. The van der Waals surface area contributed by atoms with E-state index in [1.54, 1.807) is 17.2 Å². The van der Waals surface area contributed by atoms with Gasteiger partial charge >= 0.3 is 0 Å². The zero-order valence-corrected chi connectivity index (χ0v) is 15.1. The normalized spacial score (nSPS) is 20.1. The number of hydrogen-bond donors (Lipinski definition) is 1. The minimum Gasteiger partial charge on any atom is -0.467 e. The molecule has 0 saturated carbocycles. The first kappa shape index (κ1) is 17.6. The van der Waals surface area contributed by atoms with Crippen LogP contribution in [0, 0.1) is 5.92 Å². The first-order chi connectivity index (χ1) is 13.2. The second kappa shape index (κ2) is 7.84. The highest BCUT2D eigenvalue weighted by Gasteiger charge is 2.34. The van der Waals surface area contributed by atoms with Crippen LogP contribution in [0.4, 0.5) is 11.4 Å². The summed E-state index contributed by atoms with van der Waals surface area (Å²) in [6.45, 7) is 4.05. The molecule has 4 rings (SSSR count). The molecule has 0 spiro atoms. The lowest BCUT2D eigenvalue weighted by Gasteiger charge is -2.28. The summed E-state index contributed by atoms with van der Waals surface area (Å²) in [6, 6.07) is 11.4. The molecular weight excluding hydrogens is 346 g/mol. The molecule has 27 heavy (non-hydrogen) atoms. The van der Waals surface area contributed by atoms with E-state index in [1.807, 2.05) is 30.3 Å². The first-order valence-electron chi connectivity index (χ1n) is 9.23. The number of nitrogens with zero attached hydrogens (tertiary/aromatic N) is 2. The van der Waals surface area contributed by atoms with E-state index in [2.05, 4.69) is 10.2 Å². The summed E-state index contributed by atoms with van der Waals surface area (Å²) >= 11 is 0. The Bertz CT molecular complexity index is 782. The fourth-order valence-corrected chi connectivity index (χ4v) is 3.51. The molecule has 7 heteroatoms. The molecule has 2 saturated heterocycles. The maximum Gasteiger partial charge on any atom is 0.229 e. The standard InChI is InChI=1S/C20H23N3O4/c24-19-12-15(13-23(19)14-18-2-1-9-27-18)20(25)21-16-3-5-17(6-4-16)22-7-10-26-11-8-22/h1-6,9,15H,7-8,10-14H2,(H,21,25)/t15-/m0/s1. The molecule has 2 fully saturated rings. The minimum absolute atomic E-state index is 0.0192. The van der Waals surface area contributed by atoms with Crippen LogP contribution in [0.5, 0.6) is 0 Å². The third kappa shape index (κ3) is 4.14. The van der Waals surface area contributed by atoms with Crippen molar-refractivity contribution in [3.63, 3.8) is 0 Å². The van der Waals surface area contributed by atoms with Gasteiger partial charge in [0.1, 0.15) is 5.76 Å². The number of benzene rings is 1. The number of rotatable bonds is 5. The Labute approximate surface area is 157 Å². The predicted octanol–water partition coefficient (Wildman–Crippen LogP) is 2.10. The number of likely N-dealkylation sites (tertiary alicyclic amines) is 1. The van der Waals surface area contributed by atoms with Gasteiger partial charge in [0.15, 0.2) is 0 Å². The van der Waals surface area contributed by atoms with Crippen molar-refractivity contribution in [1.82, 2.24) is 4.90 Å². The van der Waals surface area contributed by atoms with Crippen molar-refractivity contribution in [3.8, 4) is 0 Å². The molecule has 1 aromatic heterocycles. The van der Waals surface area contributed by atoms with Gasteiger partial charge in [0, 0.05) is 37.4 Å². The number of morpholine rings is 1. The van der Waals surface area contributed by atoms with Crippen LogP contribution in [0.2, 0.25) is 0 Å². The molecule has 1 aromatic carbocycles. The average Bonchev–Trinajstić information content (AvgIpc) is 3.34. The SMILES string of the molecule is O=C(Nc1ccc(N2CCOCC2)cc1)[C@H]1CC(=O)N(Cc2ccco2)C1. The zero-order chi connectivity index (χ0) is 18.6. The number of hydrogen-bond acceptors (Lipinski definition) is 5. The highest BCUT2D eigenvalue weighted by Crippen LogP contribution is 2.23. The molecule has 3 heterocycles. The van der Waals surface area contributed by atoms with E-state index in [4.69, 9.17) is 9.15 Å². The Morgan fingerprint density at radius 2 is 1.93 bits per heavy atom. The highest BCUT2D eigenvalue weighted by atomic mass is 16.5. The monoisotopic (exact) mass is 369 g/mol. The minimum atomic E-state index is -0.341. The van der Waals surface area contributed by atoms with E-state index >= 15 is 0 Å². The molecule has 0 bridgehead atoms. The van der Waals surface area contributed by atoms with Crippen molar-refractivity contribution in [1.29, 1.82) is 0 Å². The fourth-order valence-electron chi connectivity index (χ4n) is 3.51. The lowest BCUT2D eigenvalue weighted by molar-refractivity contribution is -0.128. The lowest BCUT2D eigenvalue weighted by atomic mass is 10.1. The summed E-state index contributed by atoms with van der Waals surface area (Å²) in [7, 11) is 0. The van der Waals surface area contributed by atoms with Gasteiger partial charge in [0.25, 0.3) is 0 Å². The van der Waals surface area contributed by atoms with E-state index in [9.17, 15) is 9.59 Å². The van der Waals surface area contributed by atoms with E-state index in [0.717, 1.165) is 43.4 Å². The summed E-state index contributed by atoms with van der Waals surface area (Å²) < 4.78 is 10.7. The zero-order valence-electron chi connectivity index (χ0n) is 15.1. The summed E-state index contributed by atoms with van der Waals surface area (Å²) in [5, 5.41) is 2.93. The lowest BCUT2D eigenvalue weighted by Crippen LogP contribution is -2.36. The largest absolute Gasteiger partial charge is 0.467 e. The smallest absolute Gasteiger partial charge is 0.229 e. The number of furan rings is 1. The Morgan fingerprint density at radius 3 is 2.63 bits per heavy atom. The van der Waals surface area contributed by atoms with Crippen LogP contribution in [0.3, 0.4) is 0 Å². The Morgan fingerprint density at radius 1 is 1.15 bits per heavy atom. The molecule has 1 atom stereocenters. The molecule has 2 aromatic rings. The maximum absolute atomic E-state index is 12.6. The van der Waals surface area contributed by atoms with Crippen molar-refractivity contribution in [3.05, 3.63) is 48.4 Å². The summed E-state index contributed by atoms with van der Waals surface area (Å²) in [6.07, 6.45) is 1.82. The Kier molecular flexibility index (Phi) is 5.11. The van der Waals surface area contributed by atoms with E-state index in [1.165, 1.54) is 0 Å². The van der Waals surface area contributed by atoms with Crippen LogP contribution in [-0.4, -0.2) is 49.6 Å². The van der Waals surface area contributed by atoms with Crippen molar-refractivity contribution >= 4 is 23.2 Å². The van der Waals surface area contributed by atoms with Gasteiger partial charge in [-0.25, -0.2) is 0 Å². The van der Waals surface area contributed by atoms with Crippen LogP contribution in [0.1, 0.15) is 12.2 Å². The van der Waals surface area contributed by atoms with Gasteiger partial charge in [-0.3, -0.25) is 9.59 Å². The van der Waals surface area contributed by atoms with Gasteiger partial charge in [-0.15, -0.1) is 0 Å². The summed E-state index contributed by atoms with van der Waals surface area (Å²) in [5.74, 6) is 0.244. The quantitative estimate of drug-likeness (QED) is 0.874. The number of nitrogens with one attached hydrogen (secondary N) is 1. The predicted molar refractivity (Wildman–Crippen MR) is 100 cm³/mol. The molecule has 2 amide bonds. The second-order valence-corrected chi connectivity index (χ2v) is 6.89. The van der Waals surface area contributed by atoms with E-state index in [0.29, 0.717) is 13.1 Å². The van der Waals surface area contributed by atoms with Crippen molar-refractivity contribution in [2.75, 3.05) is 43.1 Å². The van der Waals surface area contributed by atoms with E-state index in [-0.39, 0.29) is 24.2 Å². The molecular formula is C20H23N3O4. The molecule has 2 aliphatic rings. The van der Waals surface area contributed by atoms with Crippen LogP contribution in [0.25, 0.3) is 0 Å². The highest BCUT2D eigenvalue weighted by molar-refractivity contribution is 5.97. The molecule has 1 N–H and O–H groups in total. The molecule has 0 aliphatic carbocycles. The van der Waals surface area contributed by atoms with Gasteiger partial charge in [0.05, 0.1) is 31.9 Å². The first-order valence-corrected chi connectivity index (χ1v) is 9.23. The molecule has 7 nitrogen and oxygen atoms in total. The van der Waals surface area contributed by atoms with Gasteiger partial charge in [-0.2, -0.15) is 0 Å². The Balaban J connectivity index is 1.33. The van der Waals surface area contributed by atoms with Crippen molar-refractivity contribution in [2.24, 2.45) is 5.92 Å². The van der Waals surface area contributed by atoms with Crippen LogP contribution in [-0.2, 0) is 20.9 Å². The van der Waals surface area contributed by atoms with Crippen molar-refractivity contribution in [2.45, 2.75) is 13.0 Å². The van der Waals surface area contributed by atoms with Gasteiger partial charge in [-0.1, -0.05) is 0 Å². The molecule has 142 valence electrons. The molecule has 0 radical (unpaired) electrons. The second-order valence-electron chi connectivity index (χ2n) is 6.89. The number of carbonyl (C=O) groups is 2. The average molecular weight is 369 g/mol. The Hall–Kier alpha value is -2.80. The van der Waals surface area contributed by atoms with E-state index < -0.39 is 0 Å². The third-order valence-electron chi connectivity index (χ3n) is 5.02. The fraction of sp³-hybridized carbons (Fsp3) is 0.400. The number of carbonyl (C=O) groups excluding carboxylic acids is 2. The van der Waals surface area contributed by atoms with Gasteiger partial charge in [-0.05, 0) is 36.4 Å². The van der Waals surface area contributed by atoms with Gasteiger partial charge < -0.3 is 24.3 Å². The van der Waals surface area contributed by atoms with Crippen LogP contribution in [0.15, 0.2) is 47.1 Å². The maximum atomic E-state index is 12.6. The summed E-state index contributed by atoms with van der Waals surface area (Å²) in [5.41, 5.74) is 1.87. The molecule has 2 aliphatic heterocycles.